The van der Waals surface area contributed by atoms with Gasteiger partial charge in [0.1, 0.15) is 5.00 Å². The lowest BCUT2D eigenvalue weighted by atomic mass is 10.1. The summed E-state index contributed by atoms with van der Waals surface area (Å²) in [4.78, 5) is 25.6. The number of nitrogens with one attached hydrogen (secondary N) is 1. The van der Waals surface area contributed by atoms with Gasteiger partial charge in [0.15, 0.2) is 0 Å². The van der Waals surface area contributed by atoms with E-state index in [1.807, 2.05) is 42.5 Å². The summed E-state index contributed by atoms with van der Waals surface area (Å²) in [5, 5.41) is 3.84. The van der Waals surface area contributed by atoms with Crippen molar-refractivity contribution in [2.45, 2.75) is 6.92 Å². The first-order chi connectivity index (χ1) is 13.6. The Balaban J connectivity index is 1.84. The largest absolute Gasteiger partial charge is 0.462 e. The zero-order valence-corrected chi connectivity index (χ0v) is 16.7. The molecule has 0 spiro atoms. The van der Waals surface area contributed by atoms with E-state index in [1.165, 1.54) is 17.4 Å². The molecule has 0 aliphatic heterocycles. The molecular weight excluding hydrogens is 394 g/mol. The molecule has 3 aromatic rings. The third-order valence-electron chi connectivity index (χ3n) is 3.80. The number of rotatable bonds is 6. The molecule has 2 aromatic carbocycles. The van der Waals surface area contributed by atoms with Crippen LogP contribution in [0.4, 0.5) is 5.00 Å². The topological polar surface area (TPSA) is 55.4 Å². The highest BCUT2D eigenvalue weighted by Gasteiger charge is 2.19. The van der Waals surface area contributed by atoms with Crippen LogP contribution in [0.2, 0.25) is 5.02 Å². The average Bonchev–Trinajstić information content (AvgIpc) is 3.11. The number of thiophene rings is 1. The smallest absolute Gasteiger partial charge is 0.341 e. The molecule has 142 valence electrons. The van der Waals surface area contributed by atoms with Crippen molar-refractivity contribution in [1.82, 2.24) is 0 Å². The maximum absolute atomic E-state index is 12.4. The third-order valence-corrected chi connectivity index (χ3v) is 5.13. The van der Waals surface area contributed by atoms with Crippen molar-refractivity contribution < 1.29 is 14.3 Å². The summed E-state index contributed by atoms with van der Waals surface area (Å²) < 4.78 is 5.13. The molecule has 0 radical (unpaired) electrons. The van der Waals surface area contributed by atoms with Crippen molar-refractivity contribution >= 4 is 45.9 Å². The van der Waals surface area contributed by atoms with Crippen LogP contribution in [-0.4, -0.2) is 18.5 Å². The number of carbonyl (C=O) groups is 2. The van der Waals surface area contributed by atoms with Crippen LogP contribution in [0, 0.1) is 0 Å². The number of hydrogen-bond acceptors (Lipinski definition) is 4. The average molecular weight is 412 g/mol. The number of amides is 1. The number of halogens is 1. The fourth-order valence-electron chi connectivity index (χ4n) is 2.52. The summed E-state index contributed by atoms with van der Waals surface area (Å²) in [5.74, 6) is -0.804. The molecule has 1 aromatic heterocycles. The number of benzene rings is 2. The van der Waals surface area contributed by atoms with Crippen molar-refractivity contribution in [2.75, 3.05) is 11.9 Å². The summed E-state index contributed by atoms with van der Waals surface area (Å²) in [7, 11) is 0. The monoisotopic (exact) mass is 411 g/mol. The SMILES string of the molecule is CCOC(=O)c1cc(-c2ccccc2)sc1NC(=O)C=Cc1cccc(Cl)c1. The van der Waals surface area contributed by atoms with Gasteiger partial charge in [-0.2, -0.15) is 0 Å². The Morgan fingerprint density at radius 3 is 2.61 bits per heavy atom. The van der Waals surface area contributed by atoms with Crippen molar-refractivity contribution in [3.63, 3.8) is 0 Å². The summed E-state index contributed by atoms with van der Waals surface area (Å²) in [6.07, 6.45) is 3.07. The van der Waals surface area contributed by atoms with Gasteiger partial charge in [0.05, 0.1) is 12.2 Å². The summed E-state index contributed by atoms with van der Waals surface area (Å²) in [5.41, 5.74) is 2.12. The lowest BCUT2D eigenvalue weighted by Gasteiger charge is -2.03. The Bertz CT molecular complexity index is 1010. The van der Waals surface area contributed by atoms with Crippen LogP contribution in [0.3, 0.4) is 0 Å². The van der Waals surface area contributed by atoms with E-state index in [-0.39, 0.29) is 12.5 Å². The molecule has 0 fully saturated rings. The van der Waals surface area contributed by atoms with Crippen LogP contribution >= 0.6 is 22.9 Å². The standard InChI is InChI=1S/C22H18ClNO3S/c1-2-27-22(26)18-14-19(16-8-4-3-5-9-16)28-21(18)24-20(25)12-11-15-7-6-10-17(23)13-15/h3-14H,2H2,1H3,(H,24,25). The van der Waals surface area contributed by atoms with Gasteiger partial charge in [-0.3, -0.25) is 4.79 Å². The van der Waals surface area contributed by atoms with Crippen molar-refractivity contribution in [2.24, 2.45) is 0 Å². The van der Waals surface area contributed by atoms with Crippen LogP contribution in [-0.2, 0) is 9.53 Å². The van der Waals surface area contributed by atoms with E-state index in [0.717, 1.165) is 16.0 Å². The van der Waals surface area contributed by atoms with Gasteiger partial charge in [-0.1, -0.05) is 54.1 Å². The van der Waals surface area contributed by atoms with Crippen LogP contribution in [0.1, 0.15) is 22.8 Å². The van der Waals surface area contributed by atoms with E-state index in [4.69, 9.17) is 16.3 Å². The van der Waals surface area contributed by atoms with Crippen LogP contribution in [0.5, 0.6) is 0 Å². The Labute approximate surface area is 172 Å². The van der Waals surface area contributed by atoms with E-state index in [1.54, 1.807) is 31.2 Å². The number of esters is 1. The number of hydrogen-bond donors (Lipinski definition) is 1. The zero-order chi connectivity index (χ0) is 19.9. The third kappa shape index (κ3) is 5.09. The maximum atomic E-state index is 12.4. The molecule has 6 heteroatoms. The van der Waals surface area contributed by atoms with Gasteiger partial charge >= 0.3 is 5.97 Å². The number of carbonyl (C=O) groups excluding carboxylic acids is 2. The molecule has 1 N–H and O–H groups in total. The molecule has 0 aliphatic carbocycles. The van der Waals surface area contributed by atoms with Crippen molar-refractivity contribution in [3.05, 3.63) is 82.9 Å². The quantitative estimate of drug-likeness (QED) is 0.406. The second-order valence-electron chi connectivity index (χ2n) is 5.82. The normalized spacial score (nSPS) is 10.8. The minimum absolute atomic E-state index is 0.261. The van der Waals surface area contributed by atoms with Gasteiger partial charge in [-0.15, -0.1) is 11.3 Å². The van der Waals surface area contributed by atoms with Gasteiger partial charge in [0.2, 0.25) is 5.91 Å². The van der Waals surface area contributed by atoms with Crippen molar-refractivity contribution in [1.29, 1.82) is 0 Å². The lowest BCUT2D eigenvalue weighted by Crippen LogP contribution is -2.11. The summed E-state index contributed by atoms with van der Waals surface area (Å²) >= 11 is 7.28. The van der Waals surface area contributed by atoms with Gasteiger partial charge in [-0.25, -0.2) is 4.79 Å². The fourth-order valence-corrected chi connectivity index (χ4v) is 3.78. The fraction of sp³-hybridized carbons (Fsp3) is 0.0909. The highest BCUT2D eigenvalue weighted by atomic mass is 35.5. The van der Waals surface area contributed by atoms with Crippen LogP contribution in [0.15, 0.2) is 66.7 Å². The Morgan fingerprint density at radius 2 is 1.89 bits per heavy atom. The second-order valence-corrected chi connectivity index (χ2v) is 7.31. The first-order valence-corrected chi connectivity index (χ1v) is 9.87. The van der Waals surface area contributed by atoms with E-state index in [0.29, 0.717) is 15.6 Å². The van der Waals surface area contributed by atoms with Gasteiger partial charge in [0.25, 0.3) is 0 Å². The summed E-state index contributed by atoms with van der Waals surface area (Å²) in [6.45, 7) is 2.01. The number of anilines is 1. The maximum Gasteiger partial charge on any atom is 0.341 e. The predicted molar refractivity (Wildman–Crippen MR) is 115 cm³/mol. The lowest BCUT2D eigenvalue weighted by molar-refractivity contribution is -0.111. The molecule has 1 heterocycles. The molecular formula is C22H18ClNO3S. The van der Waals surface area contributed by atoms with Crippen LogP contribution < -0.4 is 5.32 Å². The van der Waals surface area contributed by atoms with Crippen LogP contribution in [0.25, 0.3) is 16.5 Å². The molecule has 1 amide bonds. The molecule has 4 nitrogen and oxygen atoms in total. The van der Waals surface area contributed by atoms with E-state index in [9.17, 15) is 9.59 Å². The van der Waals surface area contributed by atoms with E-state index in [2.05, 4.69) is 5.32 Å². The molecule has 0 unspecified atom stereocenters. The predicted octanol–water partition coefficient (Wildman–Crippen LogP) is 5.90. The summed E-state index contributed by atoms with van der Waals surface area (Å²) in [6, 6.07) is 18.6. The molecule has 0 bridgehead atoms. The van der Waals surface area contributed by atoms with E-state index < -0.39 is 5.97 Å². The minimum Gasteiger partial charge on any atom is -0.462 e. The molecule has 0 atom stereocenters. The zero-order valence-electron chi connectivity index (χ0n) is 15.1. The highest BCUT2D eigenvalue weighted by molar-refractivity contribution is 7.20. The molecule has 0 saturated carbocycles. The molecule has 0 aliphatic rings. The Hall–Kier alpha value is -2.89. The van der Waals surface area contributed by atoms with Gasteiger partial charge in [-0.05, 0) is 42.3 Å². The van der Waals surface area contributed by atoms with Gasteiger partial charge < -0.3 is 10.1 Å². The second kappa shape index (κ2) is 9.35. The number of ether oxygens (including phenoxy) is 1. The molecule has 28 heavy (non-hydrogen) atoms. The van der Waals surface area contributed by atoms with Crippen molar-refractivity contribution in [3.8, 4) is 10.4 Å². The first-order valence-electron chi connectivity index (χ1n) is 8.68. The molecule has 3 rings (SSSR count). The molecule has 0 saturated heterocycles. The van der Waals surface area contributed by atoms with Gasteiger partial charge in [0, 0.05) is 16.0 Å². The minimum atomic E-state index is -0.463. The highest BCUT2D eigenvalue weighted by Crippen LogP contribution is 2.36. The Kier molecular flexibility index (Phi) is 6.63. The van der Waals surface area contributed by atoms with E-state index >= 15 is 0 Å². The Morgan fingerprint density at radius 1 is 1.11 bits per heavy atom. The first kappa shape index (κ1) is 19.9.